The quantitative estimate of drug-likeness (QED) is 0.576. The van der Waals surface area contributed by atoms with Gasteiger partial charge in [0.2, 0.25) is 0 Å². The first-order chi connectivity index (χ1) is 12.0. The molecule has 0 radical (unpaired) electrons. The molecule has 1 N–H and O–H groups in total. The van der Waals surface area contributed by atoms with Crippen LogP contribution in [0.3, 0.4) is 0 Å². The monoisotopic (exact) mass is 357 g/mol. The van der Waals surface area contributed by atoms with E-state index in [2.05, 4.69) is 20.6 Å². The second kappa shape index (κ2) is 6.03. The highest BCUT2D eigenvalue weighted by atomic mass is 32.1. The third kappa shape index (κ3) is 3.05. The van der Waals surface area contributed by atoms with Crippen molar-refractivity contribution >= 4 is 34.5 Å². The zero-order valence-electron chi connectivity index (χ0n) is 13.8. The van der Waals surface area contributed by atoms with Crippen molar-refractivity contribution in [3.8, 4) is 0 Å². The van der Waals surface area contributed by atoms with Crippen molar-refractivity contribution in [1.82, 2.24) is 20.2 Å². The molecule has 4 rings (SSSR count). The molecule has 0 aliphatic heterocycles. The van der Waals surface area contributed by atoms with Crippen molar-refractivity contribution in [2.24, 2.45) is 12.1 Å². The Balaban J connectivity index is 1.67. The van der Waals surface area contributed by atoms with Crippen LogP contribution in [-0.4, -0.2) is 26.9 Å². The third-order valence-corrected chi connectivity index (χ3v) is 4.99. The van der Waals surface area contributed by atoms with E-state index in [1.165, 1.54) is 12.3 Å². The molecule has 3 aromatic rings. The van der Waals surface area contributed by atoms with Crippen LogP contribution in [0.5, 0.6) is 0 Å². The largest absolute Gasteiger partial charge is 0.272 e. The Hall–Kier alpha value is -2.61. The summed E-state index contributed by atoms with van der Waals surface area (Å²) in [5.41, 5.74) is 5.42. The van der Waals surface area contributed by atoms with Gasteiger partial charge in [-0.25, -0.2) is 10.4 Å². The maximum absolute atomic E-state index is 13.0. The number of carbonyl (C=O) groups excluding carboxylic acids is 1. The highest BCUT2D eigenvalue weighted by molar-refractivity contribution is 7.12. The molecular formula is C17H16FN5OS. The van der Waals surface area contributed by atoms with Gasteiger partial charge in [-0.05, 0) is 38.0 Å². The zero-order chi connectivity index (χ0) is 17.6. The zero-order valence-corrected chi connectivity index (χ0v) is 14.6. The minimum Gasteiger partial charge on any atom is -0.267 e. The molecule has 0 spiro atoms. The number of hydrogen-bond donors (Lipinski definition) is 1. The van der Waals surface area contributed by atoms with Crippen molar-refractivity contribution in [1.29, 1.82) is 0 Å². The molecule has 0 unspecified atom stereocenters. The van der Waals surface area contributed by atoms with Gasteiger partial charge in [0.25, 0.3) is 5.91 Å². The van der Waals surface area contributed by atoms with Crippen LogP contribution in [0.25, 0.3) is 11.0 Å². The fourth-order valence-electron chi connectivity index (χ4n) is 2.84. The number of nitrogens with zero attached hydrogens (tertiary/aromatic N) is 4. The number of hydrogen-bond acceptors (Lipinski definition) is 5. The lowest BCUT2D eigenvalue weighted by Gasteiger charge is -2.06. The van der Waals surface area contributed by atoms with Crippen LogP contribution >= 0.6 is 11.3 Å². The maximum atomic E-state index is 13.0. The lowest BCUT2D eigenvalue weighted by Crippen LogP contribution is -2.18. The van der Waals surface area contributed by atoms with E-state index in [4.69, 9.17) is 0 Å². The first-order valence-corrected chi connectivity index (χ1v) is 8.77. The predicted octanol–water partition coefficient (Wildman–Crippen LogP) is 3.12. The van der Waals surface area contributed by atoms with E-state index in [1.807, 2.05) is 20.0 Å². The van der Waals surface area contributed by atoms with Gasteiger partial charge < -0.3 is 0 Å². The molecule has 6 nitrogen and oxygen atoms in total. The number of halogens is 1. The standard InChI is InChI=1S/C17H16FN5OS/c1-9-15-12(17(24)21-19-8-11-5-6-14(18)25-11)7-13(10-3-4-10)20-16(15)23(2)22-9/h5-8,10H,3-4H2,1-2H3,(H,21,24)/b19-8-. The number of fused-ring (bicyclic) bond motifs is 1. The average Bonchev–Trinajstić information content (AvgIpc) is 3.29. The number of rotatable bonds is 4. The molecular weight excluding hydrogens is 341 g/mol. The molecule has 1 fully saturated rings. The molecule has 3 aromatic heterocycles. The summed E-state index contributed by atoms with van der Waals surface area (Å²) in [5.74, 6) is 0.0995. The van der Waals surface area contributed by atoms with Crippen molar-refractivity contribution in [3.05, 3.63) is 45.2 Å². The summed E-state index contributed by atoms with van der Waals surface area (Å²) in [7, 11) is 1.82. The fraction of sp³-hybridized carbons (Fsp3) is 0.294. The number of aromatic nitrogens is 3. The summed E-state index contributed by atoms with van der Waals surface area (Å²) >= 11 is 0.968. The molecule has 0 bridgehead atoms. The number of hydrazone groups is 1. The molecule has 0 aromatic carbocycles. The summed E-state index contributed by atoms with van der Waals surface area (Å²) in [6.45, 7) is 1.86. The van der Waals surface area contributed by atoms with Gasteiger partial charge in [-0.2, -0.15) is 14.6 Å². The number of carbonyl (C=O) groups is 1. The summed E-state index contributed by atoms with van der Waals surface area (Å²) in [6, 6.07) is 4.81. The van der Waals surface area contributed by atoms with Gasteiger partial charge >= 0.3 is 0 Å². The lowest BCUT2D eigenvalue weighted by molar-refractivity contribution is 0.0956. The molecule has 1 saturated carbocycles. The van der Waals surface area contributed by atoms with E-state index in [9.17, 15) is 9.18 Å². The van der Waals surface area contributed by atoms with Crippen LogP contribution in [0.15, 0.2) is 23.3 Å². The Morgan fingerprint density at radius 3 is 2.96 bits per heavy atom. The van der Waals surface area contributed by atoms with E-state index >= 15 is 0 Å². The molecule has 3 heterocycles. The first kappa shape index (κ1) is 15.9. The lowest BCUT2D eigenvalue weighted by atomic mass is 10.1. The second-order valence-corrected chi connectivity index (χ2v) is 7.18. The van der Waals surface area contributed by atoms with Crippen LogP contribution in [0.4, 0.5) is 4.39 Å². The maximum Gasteiger partial charge on any atom is 0.272 e. The van der Waals surface area contributed by atoms with E-state index < -0.39 is 0 Å². The SMILES string of the molecule is Cc1nn(C)c2nc(C3CC3)cc(C(=O)N/N=C\c3ccc(F)s3)c12. The number of thiophene rings is 1. The van der Waals surface area contributed by atoms with Crippen molar-refractivity contribution in [2.45, 2.75) is 25.7 Å². The van der Waals surface area contributed by atoms with Gasteiger partial charge in [0.05, 0.1) is 27.7 Å². The molecule has 1 aliphatic rings. The summed E-state index contributed by atoms with van der Waals surface area (Å²) in [4.78, 5) is 18.0. The van der Waals surface area contributed by atoms with Gasteiger partial charge in [0.1, 0.15) is 0 Å². The van der Waals surface area contributed by atoms with Gasteiger partial charge in [0, 0.05) is 18.7 Å². The first-order valence-electron chi connectivity index (χ1n) is 7.96. The highest BCUT2D eigenvalue weighted by Gasteiger charge is 2.28. The topological polar surface area (TPSA) is 72.2 Å². The number of nitrogens with one attached hydrogen (secondary N) is 1. The van der Waals surface area contributed by atoms with Crippen molar-refractivity contribution in [2.75, 3.05) is 0 Å². The van der Waals surface area contributed by atoms with Gasteiger partial charge in [-0.15, -0.1) is 11.3 Å². The van der Waals surface area contributed by atoms with E-state index in [0.717, 1.165) is 41.0 Å². The Bertz CT molecular complexity index is 1000. The van der Waals surface area contributed by atoms with Gasteiger partial charge in [-0.3, -0.25) is 9.48 Å². The fourth-order valence-corrected chi connectivity index (χ4v) is 3.45. The smallest absolute Gasteiger partial charge is 0.267 e. The van der Waals surface area contributed by atoms with Crippen molar-refractivity contribution < 1.29 is 9.18 Å². The molecule has 8 heteroatoms. The summed E-state index contributed by atoms with van der Waals surface area (Å²) in [5, 5.41) is 8.77. The van der Waals surface area contributed by atoms with Crippen LogP contribution in [-0.2, 0) is 7.05 Å². The molecule has 0 atom stereocenters. The van der Waals surface area contributed by atoms with E-state index in [0.29, 0.717) is 22.0 Å². The third-order valence-electron chi connectivity index (χ3n) is 4.18. The minimum atomic E-state index is -0.321. The molecule has 0 saturated heterocycles. The summed E-state index contributed by atoms with van der Waals surface area (Å²) in [6.07, 6.45) is 3.62. The number of aryl methyl sites for hydroxylation is 2. The Morgan fingerprint density at radius 1 is 1.48 bits per heavy atom. The number of pyridine rings is 1. The van der Waals surface area contributed by atoms with Crippen LogP contribution in [0, 0.1) is 12.1 Å². The van der Waals surface area contributed by atoms with Crippen LogP contribution < -0.4 is 5.43 Å². The van der Waals surface area contributed by atoms with E-state index in [1.54, 1.807) is 10.7 Å². The molecule has 25 heavy (non-hydrogen) atoms. The Kier molecular flexibility index (Phi) is 3.84. The average molecular weight is 357 g/mol. The summed E-state index contributed by atoms with van der Waals surface area (Å²) < 4.78 is 14.7. The normalized spacial score (nSPS) is 14.5. The molecule has 1 aliphatic carbocycles. The van der Waals surface area contributed by atoms with Crippen LogP contribution in [0.2, 0.25) is 0 Å². The second-order valence-electron chi connectivity index (χ2n) is 6.12. The van der Waals surface area contributed by atoms with Crippen molar-refractivity contribution in [3.63, 3.8) is 0 Å². The predicted molar refractivity (Wildman–Crippen MR) is 94.6 cm³/mol. The molecule has 1 amide bonds. The van der Waals surface area contributed by atoms with E-state index in [-0.39, 0.29) is 11.0 Å². The van der Waals surface area contributed by atoms with Gasteiger partial charge in [0.15, 0.2) is 10.8 Å². The Labute approximate surface area is 147 Å². The van der Waals surface area contributed by atoms with Crippen LogP contribution in [0.1, 0.15) is 45.4 Å². The minimum absolute atomic E-state index is 0.288. The molecule has 128 valence electrons. The highest BCUT2D eigenvalue weighted by Crippen LogP contribution is 2.40. The van der Waals surface area contributed by atoms with Gasteiger partial charge in [-0.1, -0.05) is 0 Å². The number of amides is 1. The Morgan fingerprint density at radius 2 is 2.28 bits per heavy atom.